The number of methoxy groups -OCH3 is 1. The third-order valence-electron chi connectivity index (χ3n) is 3.06. The van der Waals surface area contributed by atoms with Crippen molar-refractivity contribution in [2.24, 2.45) is 0 Å². The van der Waals surface area contributed by atoms with E-state index in [9.17, 15) is 0 Å². The molecule has 0 saturated carbocycles. The molecule has 1 N–H and O–H groups in total. The summed E-state index contributed by atoms with van der Waals surface area (Å²) >= 11 is 7.12. The minimum Gasteiger partial charge on any atom is -0.494 e. The SMILES string of the molecule is COc1c(Br)cc2c([nH]c3c(C)nccc32)c1Br. The number of aryl methyl sites for hydroxylation is 1. The van der Waals surface area contributed by atoms with Crippen molar-refractivity contribution < 1.29 is 4.74 Å². The standard InChI is InChI=1S/C13H10Br2N2O/c1-6-11-7(3-4-16-6)8-5-9(14)13(18-2)10(15)12(8)17-11/h3-5,17H,1-2H3. The van der Waals surface area contributed by atoms with Gasteiger partial charge in [-0.1, -0.05) is 0 Å². The molecule has 2 aromatic heterocycles. The second-order valence-corrected chi connectivity index (χ2v) is 5.72. The zero-order valence-electron chi connectivity index (χ0n) is 9.84. The topological polar surface area (TPSA) is 37.9 Å². The van der Waals surface area contributed by atoms with Crippen molar-refractivity contribution in [3.8, 4) is 5.75 Å². The van der Waals surface area contributed by atoms with E-state index in [0.717, 1.165) is 36.8 Å². The van der Waals surface area contributed by atoms with Gasteiger partial charge < -0.3 is 9.72 Å². The van der Waals surface area contributed by atoms with Gasteiger partial charge in [0.25, 0.3) is 0 Å². The molecule has 0 bridgehead atoms. The molecule has 3 aromatic rings. The predicted octanol–water partition coefficient (Wildman–Crippen LogP) is 4.56. The molecule has 0 fully saturated rings. The number of nitrogens with zero attached hydrogens (tertiary/aromatic N) is 1. The molecule has 3 nitrogen and oxygen atoms in total. The van der Waals surface area contributed by atoms with Crippen LogP contribution < -0.4 is 4.74 Å². The Balaban J connectivity index is 2.55. The van der Waals surface area contributed by atoms with Crippen molar-refractivity contribution in [2.75, 3.05) is 7.11 Å². The van der Waals surface area contributed by atoms with Crippen molar-refractivity contribution >= 4 is 53.7 Å². The molecular weight excluding hydrogens is 360 g/mol. The van der Waals surface area contributed by atoms with Crippen molar-refractivity contribution in [3.63, 3.8) is 0 Å². The molecule has 0 atom stereocenters. The minimum atomic E-state index is 0.791. The van der Waals surface area contributed by atoms with Gasteiger partial charge in [-0.2, -0.15) is 0 Å². The van der Waals surface area contributed by atoms with Gasteiger partial charge in [0.15, 0.2) is 0 Å². The van der Waals surface area contributed by atoms with E-state index in [1.54, 1.807) is 7.11 Å². The first-order valence-corrected chi connectivity index (χ1v) is 7.01. The summed E-state index contributed by atoms with van der Waals surface area (Å²) in [5.74, 6) is 0.791. The zero-order chi connectivity index (χ0) is 12.9. The number of aromatic amines is 1. The highest BCUT2D eigenvalue weighted by atomic mass is 79.9. The summed E-state index contributed by atoms with van der Waals surface area (Å²) in [4.78, 5) is 7.71. The van der Waals surface area contributed by atoms with Crippen molar-refractivity contribution in [1.29, 1.82) is 0 Å². The van der Waals surface area contributed by atoms with Crippen molar-refractivity contribution in [2.45, 2.75) is 6.92 Å². The largest absolute Gasteiger partial charge is 0.494 e. The van der Waals surface area contributed by atoms with Crippen LogP contribution in [0, 0.1) is 6.92 Å². The smallest absolute Gasteiger partial charge is 0.149 e. The van der Waals surface area contributed by atoms with Gasteiger partial charge in [-0.05, 0) is 50.9 Å². The monoisotopic (exact) mass is 368 g/mol. The maximum atomic E-state index is 5.38. The fraction of sp³-hybridized carbons (Fsp3) is 0.154. The van der Waals surface area contributed by atoms with Crippen molar-refractivity contribution in [3.05, 3.63) is 33.0 Å². The fourth-order valence-corrected chi connectivity index (χ4v) is 3.74. The zero-order valence-corrected chi connectivity index (χ0v) is 13.0. The van der Waals surface area contributed by atoms with E-state index in [4.69, 9.17) is 4.74 Å². The van der Waals surface area contributed by atoms with Crippen LogP contribution in [0.1, 0.15) is 5.69 Å². The Morgan fingerprint density at radius 2 is 2.00 bits per heavy atom. The Morgan fingerprint density at radius 3 is 2.72 bits per heavy atom. The maximum absolute atomic E-state index is 5.38. The van der Waals surface area contributed by atoms with Crippen LogP contribution >= 0.6 is 31.9 Å². The molecule has 0 amide bonds. The second-order valence-electron chi connectivity index (χ2n) is 4.07. The van der Waals surface area contributed by atoms with Crippen LogP contribution in [-0.2, 0) is 0 Å². The molecule has 92 valence electrons. The lowest BCUT2D eigenvalue weighted by molar-refractivity contribution is 0.410. The lowest BCUT2D eigenvalue weighted by Gasteiger charge is -2.06. The van der Waals surface area contributed by atoms with Crippen LogP contribution in [0.5, 0.6) is 5.75 Å². The number of halogens is 2. The van der Waals surface area contributed by atoms with E-state index < -0.39 is 0 Å². The molecule has 5 heteroatoms. The van der Waals surface area contributed by atoms with Crippen LogP contribution in [0.4, 0.5) is 0 Å². The number of aromatic nitrogens is 2. The lowest BCUT2D eigenvalue weighted by atomic mass is 10.1. The van der Waals surface area contributed by atoms with Gasteiger partial charge in [0.1, 0.15) is 5.75 Å². The number of rotatable bonds is 1. The average Bonchev–Trinajstić information content (AvgIpc) is 2.71. The molecular formula is C13H10Br2N2O. The molecule has 0 radical (unpaired) electrons. The molecule has 0 unspecified atom stereocenters. The number of ether oxygens (including phenoxy) is 1. The number of pyridine rings is 1. The number of H-pyrrole nitrogens is 1. The van der Waals surface area contributed by atoms with E-state index in [1.807, 2.05) is 19.2 Å². The van der Waals surface area contributed by atoms with Crippen molar-refractivity contribution in [1.82, 2.24) is 9.97 Å². The second kappa shape index (κ2) is 4.24. The molecule has 0 aliphatic rings. The minimum absolute atomic E-state index is 0.791. The van der Waals surface area contributed by atoms with Gasteiger partial charge in [-0.3, -0.25) is 4.98 Å². The molecule has 0 saturated heterocycles. The summed E-state index contributed by atoms with van der Waals surface area (Å²) in [6.45, 7) is 2.00. The van der Waals surface area contributed by atoms with E-state index in [1.165, 1.54) is 5.39 Å². The number of benzene rings is 1. The lowest BCUT2D eigenvalue weighted by Crippen LogP contribution is -1.86. The predicted molar refractivity (Wildman–Crippen MR) is 80.3 cm³/mol. The summed E-state index contributed by atoms with van der Waals surface area (Å²) in [5.41, 5.74) is 3.08. The summed E-state index contributed by atoms with van der Waals surface area (Å²) in [5, 5.41) is 2.32. The number of fused-ring (bicyclic) bond motifs is 3. The van der Waals surface area contributed by atoms with Crippen LogP contribution in [0.3, 0.4) is 0 Å². The van der Waals surface area contributed by atoms with Gasteiger partial charge in [-0.25, -0.2) is 0 Å². The Bertz CT molecular complexity index is 765. The van der Waals surface area contributed by atoms with Gasteiger partial charge >= 0.3 is 0 Å². The first-order valence-electron chi connectivity index (χ1n) is 5.42. The highest BCUT2D eigenvalue weighted by Crippen LogP contribution is 2.41. The van der Waals surface area contributed by atoms with Gasteiger partial charge in [0.2, 0.25) is 0 Å². The van der Waals surface area contributed by atoms with Crippen LogP contribution in [0.2, 0.25) is 0 Å². The normalized spacial score (nSPS) is 11.3. The van der Waals surface area contributed by atoms with E-state index >= 15 is 0 Å². The Hall–Kier alpha value is -1.07. The number of nitrogens with one attached hydrogen (secondary N) is 1. The van der Waals surface area contributed by atoms with Gasteiger partial charge in [-0.15, -0.1) is 0 Å². The molecule has 2 heterocycles. The fourth-order valence-electron chi connectivity index (χ4n) is 2.20. The van der Waals surface area contributed by atoms with E-state index in [0.29, 0.717) is 0 Å². The van der Waals surface area contributed by atoms with Crippen LogP contribution in [0.15, 0.2) is 27.3 Å². The Kier molecular flexibility index (Phi) is 2.83. The highest BCUT2D eigenvalue weighted by Gasteiger charge is 2.15. The molecule has 0 aliphatic carbocycles. The Morgan fingerprint density at radius 1 is 1.22 bits per heavy atom. The number of hydrogen-bond acceptors (Lipinski definition) is 2. The van der Waals surface area contributed by atoms with E-state index in [-0.39, 0.29) is 0 Å². The Labute approximate surface area is 121 Å². The average molecular weight is 370 g/mol. The molecule has 0 spiro atoms. The summed E-state index contributed by atoms with van der Waals surface area (Å²) < 4.78 is 7.23. The third kappa shape index (κ3) is 1.57. The molecule has 0 aliphatic heterocycles. The van der Waals surface area contributed by atoms with Gasteiger partial charge in [0.05, 0.1) is 32.8 Å². The summed E-state index contributed by atoms with van der Waals surface area (Å²) in [6, 6.07) is 4.09. The molecule has 3 rings (SSSR count). The summed E-state index contributed by atoms with van der Waals surface area (Å²) in [7, 11) is 1.66. The summed E-state index contributed by atoms with van der Waals surface area (Å²) in [6.07, 6.45) is 1.83. The van der Waals surface area contributed by atoms with Gasteiger partial charge in [0, 0.05) is 17.0 Å². The first kappa shape index (κ1) is 12.0. The first-order chi connectivity index (χ1) is 8.63. The maximum Gasteiger partial charge on any atom is 0.149 e. The quantitative estimate of drug-likeness (QED) is 0.682. The third-order valence-corrected chi connectivity index (χ3v) is 4.41. The molecule has 18 heavy (non-hydrogen) atoms. The van der Waals surface area contributed by atoms with Crippen LogP contribution in [-0.4, -0.2) is 17.1 Å². The van der Waals surface area contributed by atoms with Crippen LogP contribution in [0.25, 0.3) is 21.8 Å². The molecule has 1 aromatic carbocycles. The van der Waals surface area contributed by atoms with E-state index in [2.05, 4.69) is 47.9 Å². The number of hydrogen-bond donors (Lipinski definition) is 1. The highest BCUT2D eigenvalue weighted by molar-refractivity contribution is 9.11.